The standard InChI is InChI=1S/C15H14BrClFNO/c1-9(19)7-10-5-6-11(16)8-14(10)20-13-4-2-3-12(17)15(13)18/h2-6,8-9H,7,19H2,1H3. The third-order valence-corrected chi connectivity index (χ3v) is 3.49. The number of ether oxygens (including phenoxy) is 1. The van der Waals surface area contributed by atoms with Crippen LogP contribution in [0.4, 0.5) is 4.39 Å². The van der Waals surface area contributed by atoms with Crippen LogP contribution in [0, 0.1) is 5.82 Å². The maximum atomic E-state index is 13.9. The molecule has 0 aliphatic rings. The first-order valence-electron chi connectivity index (χ1n) is 6.13. The van der Waals surface area contributed by atoms with Gasteiger partial charge >= 0.3 is 0 Å². The van der Waals surface area contributed by atoms with Gasteiger partial charge in [-0.2, -0.15) is 0 Å². The van der Waals surface area contributed by atoms with Crippen LogP contribution in [0.3, 0.4) is 0 Å². The zero-order valence-electron chi connectivity index (χ0n) is 10.9. The summed E-state index contributed by atoms with van der Waals surface area (Å²) in [4.78, 5) is 0. The number of rotatable bonds is 4. The Bertz CT molecular complexity index is 619. The van der Waals surface area contributed by atoms with Gasteiger partial charge in [0.2, 0.25) is 0 Å². The summed E-state index contributed by atoms with van der Waals surface area (Å²) in [5, 5.41) is 0.0336. The Morgan fingerprint density at radius 2 is 2.05 bits per heavy atom. The molecule has 5 heteroatoms. The molecule has 0 radical (unpaired) electrons. The second-order valence-corrected chi connectivity index (χ2v) is 5.91. The van der Waals surface area contributed by atoms with Crippen LogP contribution >= 0.6 is 27.5 Å². The van der Waals surface area contributed by atoms with Gasteiger partial charge in [-0.15, -0.1) is 0 Å². The molecule has 0 saturated carbocycles. The zero-order valence-corrected chi connectivity index (χ0v) is 13.2. The van der Waals surface area contributed by atoms with Crippen LogP contribution in [0.2, 0.25) is 5.02 Å². The molecular weight excluding hydrogens is 345 g/mol. The van der Waals surface area contributed by atoms with Crippen molar-refractivity contribution < 1.29 is 9.13 Å². The maximum Gasteiger partial charge on any atom is 0.184 e. The van der Waals surface area contributed by atoms with Crippen LogP contribution in [-0.2, 0) is 6.42 Å². The Labute approximate surface area is 130 Å². The van der Waals surface area contributed by atoms with E-state index in [2.05, 4.69) is 15.9 Å². The lowest BCUT2D eigenvalue weighted by Gasteiger charge is -2.14. The molecule has 0 aliphatic carbocycles. The molecule has 20 heavy (non-hydrogen) atoms. The van der Waals surface area contributed by atoms with Gasteiger partial charge in [0.05, 0.1) is 5.02 Å². The third kappa shape index (κ3) is 3.72. The summed E-state index contributed by atoms with van der Waals surface area (Å²) in [5.41, 5.74) is 6.74. The summed E-state index contributed by atoms with van der Waals surface area (Å²) in [6.45, 7) is 1.91. The predicted molar refractivity (Wildman–Crippen MR) is 83.0 cm³/mol. The van der Waals surface area contributed by atoms with Crippen LogP contribution in [-0.4, -0.2) is 6.04 Å². The van der Waals surface area contributed by atoms with Gasteiger partial charge in [0.15, 0.2) is 11.6 Å². The summed E-state index contributed by atoms with van der Waals surface area (Å²) in [6.07, 6.45) is 0.644. The van der Waals surface area contributed by atoms with Gasteiger partial charge in [-0.3, -0.25) is 0 Å². The molecule has 0 fully saturated rings. The van der Waals surface area contributed by atoms with Gasteiger partial charge in [-0.25, -0.2) is 4.39 Å². The van der Waals surface area contributed by atoms with Gasteiger partial charge in [0.1, 0.15) is 5.75 Å². The molecule has 1 atom stereocenters. The fraction of sp³-hybridized carbons (Fsp3) is 0.200. The van der Waals surface area contributed by atoms with Crippen molar-refractivity contribution in [2.24, 2.45) is 5.73 Å². The molecule has 106 valence electrons. The van der Waals surface area contributed by atoms with Crippen molar-refractivity contribution in [2.75, 3.05) is 0 Å². The van der Waals surface area contributed by atoms with Gasteiger partial charge in [0, 0.05) is 10.5 Å². The second-order valence-electron chi connectivity index (χ2n) is 4.59. The average molecular weight is 359 g/mol. The molecule has 1 unspecified atom stereocenters. The summed E-state index contributed by atoms with van der Waals surface area (Å²) in [6, 6.07) is 10.3. The van der Waals surface area contributed by atoms with Crippen molar-refractivity contribution in [3.8, 4) is 11.5 Å². The van der Waals surface area contributed by atoms with Crippen molar-refractivity contribution in [2.45, 2.75) is 19.4 Å². The van der Waals surface area contributed by atoms with E-state index in [0.29, 0.717) is 12.2 Å². The van der Waals surface area contributed by atoms with Gasteiger partial charge in [0.25, 0.3) is 0 Å². The predicted octanol–water partition coefficient (Wildman–Crippen LogP) is 4.92. The van der Waals surface area contributed by atoms with Crippen LogP contribution < -0.4 is 10.5 Å². The smallest absolute Gasteiger partial charge is 0.184 e. The molecule has 0 amide bonds. The lowest BCUT2D eigenvalue weighted by Crippen LogP contribution is -2.18. The minimum absolute atomic E-state index is 0.0114. The fourth-order valence-electron chi connectivity index (χ4n) is 1.82. The first-order chi connectivity index (χ1) is 9.47. The van der Waals surface area contributed by atoms with E-state index in [1.54, 1.807) is 12.1 Å². The van der Waals surface area contributed by atoms with Gasteiger partial charge in [-0.1, -0.05) is 39.7 Å². The van der Waals surface area contributed by atoms with Crippen molar-refractivity contribution in [1.29, 1.82) is 0 Å². The topological polar surface area (TPSA) is 35.2 Å². The molecule has 0 aromatic heterocycles. The molecule has 0 spiro atoms. The average Bonchev–Trinajstić information content (AvgIpc) is 2.38. The van der Waals surface area contributed by atoms with Crippen molar-refractivity contribution in [1.82, 2.24) is 0 Å². The molecule has 2 aromatic carbocycles. The lowest BCUT2D eigenvalue weighted by molar-refractivity contribution is 0.436. The van der Waals surface area contributed by atoms with E-state index in [4.69, 9.17) is 22.1 Å². The van der Waals surface area contributed by atoms with E-state index in [0.717, 1.165) is 10.0 Å². The largest absolute Gasteiger partial charge is 0.454 e. The Morgan fingerprint density at radius 3 is 2.75 bits per heavy atom. The van der Waals surface area contributed by atoms with Gasteiger partial charge < -0.3 is 10.5 Å². The summed E-state index contributed by atoms with van der Waals surface area (Å²) in [7, 11) is 0. The Morgan fingerprint density at radius 1 is 1.30 bits per heavy atom. The highest BCUT2D eigenvalue weighted by atomic mass is 79.9. The molecule has 0 saturated heterocycles. The fourth-order valence-corrected chi connectivity index (χ4v) is 2.33. The van der Waals surface area contributed by atoms with Crippen molar-refractivity contribution >= 4 is 27.5 Å². The first kappa shape index (κ1) is 15.3. The lowest BCUT2D eigenvalue weighted by atomic mass is 10.1. The van der Waals surface area contributed by atoms with E-state index in [9.17, 15) is 4.39 Å². The third-order valence-electron chi connectivity index (χ3n) is 2.71. The Balaban J connectivity index is 2.36. The van der Waals surface area contributed by atoms with Gasteiger partial charge in [-0.05, 0) is 43.2 Å². The Hall–Kier alpha value is -1.10. The summed E-state index contributed by atoms with van der Waals surface area (Å²) < 4.78 is 20.4. The minimum Gasteiger partial charge on any atom is -0.454 e. The second kappa shape index (κ2) is 6.57. The van der Waals surface area contributed by atoms with E-state index in [1.807, 2.05) is 19.1 Å². The van der Waals surface area contributed by atoms with Crippen LogP contribution in [0.1, 0.15) is 12.5 Å². The first-order valence-corrected chi connectivity index (χ1v) is 7.30. The molecule has 0 bridgehead atoms. The van der Waals surface area contributed by atoms with Crippen LogP contribution in [0.15, 0.2) is 40.9 Å². The number of benzene rings is 2. The summed E-state index contributed by atoms with van der Waals surface area (Å²) in [5.74, 6) is 0.0975. The number of nitrogens with two attached hydrogens (primary N) is 1. The Kier molecular flexibility index (Phi) is 5.02. The van der Waals surface area contributed by atoms with Crippen molar-refractivity contribution in [3.05, 3.63) is 57.3 Å². The van der Waals surface area contributed by atoms with E-state index in [-0.39, 0.29) is 16.8 Å². The maximum absolute atomic E-state index is 13.9. The summed E-state index contributed by atoms with van der Waals surface area (Å²) >= 11 is 9.13. The monoisotopic (exact) mass is 357 g/mol. The molecule has 0 heterocycles. The molecule has 2 N–H and O–H groups in total. The SMILES string of the molecule is CC(N)Cc1ccc(Br)cc1Oc1cccc(Cl)c1F. The molecule has 0 aliphatic heterocycles. The highest BCUT2D eigenvalue weighted by molar-refractivity contribution is 9.10. The van der Waals surface area contributed by atoms with Crippen LogP contribution in [0.5, 0.6) is 11.5 Å². The number of halogens is 3. The molecule has 2 nitrogen and oxygen atoms in total. The molecule has 2 aromatic rings. The van der Waals surface area contributed by atoms with E-state index < -0.39 is 5.82 Å². The van der Waals surface area contributed by atoms with E-state index in [1.165, 1.54) is 12.1 Å². The zero-order chi connectivity index (χ0) is 14.7. The number of hydrogen-bond acceptors (Lipinski definition) is 2. The van der Waals surface area contributed by atoms with Crippen LogP contribution in [0.25, 0.3) is 0 Å². The highest BCUT2D eigenvalue weighted by Crippen LogP contribution is 2.32. The van der Waals surface area contributed by atoms with E-state index >= 15 is 0 Å². The highest BCUT2D eigenvalue weighted by Gasteiger charge is 2.12. The number of hydrogen-bond donors (Lipinski definition) is 1. The van der Waals surface area contributed by atoms with Crippen molar-refractivity contribution in [3.63, 3.8) is 0 Å². The minimum atomic E-state index is -0.569. The quantitative estimate of drug-likeness (QED) is 0.841. The molecule has 2 rings (SSSR count). The molecular formula is C15H14BrClFNO. The normalized spacial score (nSPS) is 12.2.